The molecule has 0 unspecified atom stereocenters. The van der Waals surface area contributed by atoms with Crippen LogP contribution in [0, 0.1) is 12.7 Å². The molecule has 1 aromatic carbocycles. The van der Waals surface area contributed by atoms with Crippen LogP contribution in [0.15, 0.2) is 18.2 Å². The molecule has 0 fully saturated rings. The first-order valence-electron chi connectivity index (χ1n) is 4.05. The van der Waals surface area contributed by atoms with Gasteiger partial charge in [0.2, 0.25) is 0 Å². The second kappa shape index (κ2) is 5.70. The fraction of sp³-hybridized carbons (Fsp3) is 0.400. The zero-order valence-electron chi connectivity index (χ0n) is 7.70. The third kappa shape index (κ3) is 2.61. The summed E-state index contributed by atoms with van der Waals surface area (Å²) in [5, 5.41) is 0. The van der Waals surface area contributed by atoms with Crippen molar-refractivity contribution in [3.8, 4) is 0 Å². The number of hydrogen-bond donors (Lipinski definition) is 0. The number of aryl methyl sites for hydroxylation is 1. The van der Waals surface area contributed by atoms with Crippen LogP contribution in [0.4, 0.5) is 8.78 Å². The Morgan fingerprint density at radius 3 is 2.25 bits per heavy atom. The van der Waals surface area contributed by atoms with Gasteiger partial charge in [-0.2, -0.15) is 0 Å². The highest BCUT2D eigenvalue weighted by Gasteiger charge is 2.01. The Hall–Kier alpha value is -0.920. The summed E-state index contributed by atoms with van der Waals surface area (Å²) in [6, 6.07) is 4.71. The van der Waals surface area contributed by atoms with Gasteiger partial charge < -0.3 is 0 Å². The fourth-order valence-corrected chi connectivity index (χ4v) is 0.811. The van der Waals surface area contributed by atoms with Gasteiger partial charge in [0.15, 0.2) is 0 Å². The molecule has 2 heteroatoms. The maximum atomic E-state index is 12.8. The van der Waals surface area contributed by atoms with Gasteiger partial charge in [0, 0.05) is 5.56 Å². The molecular formula is C10H14F2. The molecule has 1 aromatic rings. The average molecular weight is 172 g/mol. The number of benzene rings is 1. The first-order chi connectivity index (χ1) is 5.75. The lowest BCUT2D eigenvalue weighted by Gasteiger charge is -1.98. The van der Waals surface area contributed by atoms with Crippen LogP contribution in [0.3, 0.4) is 0 Å². The minimum atomic E-state index is -0.729. The minimum Gasteiger partial charge on any atom is -0.246 e. The molecule has 0 spiro atoms. The minimum absolute atomic E-state index is 0.139. The van der Waals surface area contributed by atoms with Gasteiger partial charge in [-0.15, -0.1) is 0 Å². The van der Waals surface area contributed by atoms with Crippen molar-refractivity contribution in [2.45, 2.75) is 27.4 Å². The first kappa shape index (κ1) is 11.1. The fourth-order valence-electron chi connectivity index (χ4n) is 0.811. The van der Waals surface area contributed by atoms with Crippen molar-refractivity contribution in [2.75, 3.05) is 0 Å². The van der Waals surface area contributed by atoms with Gasteiger partial charge in [-0.3, -0.25) is 0 Å². The zero-order chi connectivity index (χ0) is 9.56. The van der Waals surface area contributed by atoms with Crippen molar-refractivity contribution < 1.29 is 8.78 Å². The molecule has 0 saturated heterocycles. The highest BCUT2D eigenvalue weighted by molar-refractivity contribution is 5.23. The maximum absolute atomic E-state index is 12.8. The molecule has 0 aliphatic heterocycles. The molecule has 0 aromatic heterocycles. The van der Waals surface area contributed by atoms with Crippen molar-refractivity contribution in [1.82, 2.24) is 0 Å². The second-order valence-electron chi connectivity index (χ2n) is 2.18. The van der Waals surface area contributed by atoms with Gasteiger partial charge >= 0.3 is 0 Å². The molecule has 12 heavy (non-hydrogen) atoms. The Kier molecular flexibility index (Phi) is 5.26. The van der Waals surface area contributed by atoms with E-state index in [-0.39, 0.29) is 5.56 Å². The summed E-state index contributed by atoms with van der Waals surface area (Å²) in [4.78, 5) is 0. The molecule has 0 aliphatic rings. The number of alkyl halides is 1. The summed E-state index contributed by atoms with van der Waals surface area (Å²) < 4.78 is 24.7. The molecule has 68 valence electrons. The van der Waals surface area contributed by atoms with E-state index < -0.39 is 12.5 Å². The second-order valence-corrected chi connectivity index (χ2v) is 2.18. The quantitative estimate of drug-likeness (QED) is 0.606. The highest BCUT2D eigenvalue weighted by Crippen LogP contribution is 2.12. The summed E-state index contributed by atoms with van der Waals surface area (Å²) in [5.41, 5.74) is 0.634. The molecule has 0 N–H and O–H groups in total. The van der Waals surface area contributed by atoms with Gasteiger partial charge in [-0.25, -0.2) is 8.78 Å². The van der Waals surface area contributed by atoms with E-state index in [9.17, 15) is 8.78 Å². The van der Waals surface area contributed by atoms with E-state index in [1.165, 1.54) is 6.07 Å². The predicted octanol–water partition coefficient (Wildman–Crippen LogP) is 3.63. The van der Waals surface area contributed by atoms with Crippen LogP contribution in [0.5, 0.6) is 0 Å². The van der Waals surface area contributed by atoms with E-state index in [1.807, 2.05) is 13.8 Å². The number of rotatable bonds is 1. The van der Waals surface area contributed by atoms with Crippen LogP contribution >= 0.6 is 0 Å². The summed E-state index contributed by atoms with van der Waals surface area (Å²) in [6.07, 6.45) is 0. The topological polar surface area (TPSA) is 0 Å². The lowest BCUT2D eigenvalue weighted by atomic mass is 10.1. The predicted molar refractivity (Wildman–Crippen MR) is 47.3 cm³/mol. The van der Waals surface area contributed by atoms with Crippen LogP contribution in [0.2, 0.25) is 0 Å². The molecule has 0 heterocycles. The number of hydrogen-bond acceptors (Lipinski definition) is 0. The smallest absolute Gasteiger partial charge is 0.131 e. The molecule has 0 amide bonds. The lowest BCUT2D eigenvalue weighted by molar-refractivity contribution is 0.462. The van der Waals surface area contributed by atoms with Crippen LogP contribution in [-0.4, -0.2) is 0 Å². The molecular weight excluding hydrogens is 158 g/mol. The van der Waals surface area contributed by atoms with Crippen LogP contribution in [0.1, 0.15) is 25.0 Å². The Morgan fingerprint density at radius 2 is 1.83 bits per heavy atom. The van der Waals surface area contributed by atoms with E-state index in [0.717, 1.165) is 0 Å². The monoisotopic (exact) mass is 172 g/mol. The number of halogens is 2. The Balaban J connectivity index is 0.000000561. The van der Waals surface area contributed by atoms with Gasteiger partial charge in [-0.05, 0) is 12.5 Å². The molecule has 0 saturated carbocycles. The van der Waals surface area contributed by atoms with Gasteiger partial charge in [0.1, 0.15) is 12.5 Å². The standard InChI is InChI=1S/C8H8F2.C2H6/c1-6-3-2-4-7(5-9)8(6)10;1-2/h2-4H,5H2,1H3;1-2H3. The first-order valence-corrected chi connectivity index (χ1v) is 4.05. The van der Waals surface area contributed by atoms with E-state index in [4.69, 9.17) is 0 Å². The summed E-state index contributed by atoms with van der Waals surface area (Å²) in [7, 11) is 0. The summed E-state index contributed by atoms with van der Waals surface area (Å²) in [5.74, 6) is -0.426. The Morgan fingerprint density at radius 1 is 1.25 bits per heavy atom. The SMILES string of the molecule is CC.Cc1cccc(CF)c1F. The molecule has 0 bridgehead atoms. The normalized spacial score (nSPS) is 8.75. The third-order valence-corrected chi connectivity index (χ3v) is 1.42. The maximum Gasteiger partial charge on any atom is 0.131 e. The molecule has 0 aliphatic carbocycles. The molecule has 1 rings (SSSR count). The Bertz CT molecular complexity index is 231. The van der Waals surface area contributed by atoms with Crippen LogP contribution < -0.4 is 0 Å². The van der Waals surface area contributed by atoms with Gasteiger partial charge in [0.25, 0.3) is 0 Å². The van der Waals surface area contributed by atoms with E-state index >= 15 is 0 Å². The van der Waals surface area contributed by atoms with Crippen molar-refractivity contribution in [3.05, 3.63) is 35.1 Å². The van der Waals surface area contributed by atoms with E-state index in [1.54, 1.807) is 19.1 Å². The van der Waals surface area contributed by atoms with E-state index in [0.29, 0.717) is 5.56 Å². The Labute approximate surface area is 72.2 Å². The van der Waals surface area contributed by atoms with E-state index in [2.05, 4.69) is 0 Å². The molecule has 0 radical (unpaired) electrons. The molecule has 0 nitrogen and oxygen atoms in total. The molecule has 0 atom stereocenters. The van der Waals surface area contributed by atoms with Gasteiger partial charge in [0.05, 0.1) is 0 Å². The van der Waals surface area contributed by atoms with Crippen molar-refractivity contribution in [1.29, 1.82) is 0 Å². The van der Waals surface area contributed by atoms with Crippen molar-refractivity contribution >= 4 is 0 Å². The van der Waals surface area contributed by atoms with Crippen molar-refractivity contribution in [3.63, 3.8) is 0 Å². The summed E-state index contributed by atoms with van der Waals surface area (Å²) >= 11 is 0. The third-order valence-electron chi connectivity index (χ3n) is 1.42. The zero-order valence-corrected chi connectivity index (χ0v) is 7.70. The lowest BCUT2D eigenvalue weighted by Crippen LogP contribution is -1.88. The van der Waals surface area contributed by atoms with Crippen LogP contribution in [-0.2, 0) is 6.67 Å². The van der Waals surface area contributed by atoms with Gasteiger partial charge in [-0.1, -0.05) is 32.0 Å². The van der Waals surface area contributed by atoms with Crippen LogP contribution in [0.25, 0.3) is 0 Å². The largest absolute Gasteiger partial charge is 0.246 e. The summed E-state index contributed by atoms with van der Waals surface area (Å²) in [6.45, 7) is 4.89. The van der Waals surface area contributed by atoms with Crippen molar-refractivity contribution in [2.24, 2.45) is 0 Å². The average Bonchev–Trinajstić information content (AvgIpc) is 2.13. The highest BCUT2D eigenvalue weighted by atomic mass is 19.1.